The van der Waals surface area contributed by atoms with Crippen LogP contribution in [0.5, 0.6) is 17.2 Å². The van der Waals surface area contributed by atoms with E-state index in [9.17, 15) is 0 Å². The van der Waals surface area contributed by atoms with Gasteiger partial charge in [-0.2, -0.15) is 0 Å². The molecule has 0 radical (unpaired) electrons. The van der Waals surface area contributed by atoms with Gasteiger partial charge in [-0.15, -0.1) is 0 Å². The Balaban J connectivity index is 1.98. The second-order valence-corrected chi connectivity index (χ2v) is 7.06. The van der Waals surface area contributed by atoms with Gasteiger partial charge in [0.05, 0.1) is 6.21 Å². The number of ether oxygens (including phenoxy) is 3. The normalized spacial score (nSPS) is 12.8. The molecule has 0 aliphatic carbocycles. The number of rotatable bonds is 9. The molecule has 0 aromatic heterocycles. The van der Waals surface area contributed by atoms with Crippen molar-refractivity contribution in [1.82, 2.24) is 0 Å². The molecule has 2 aromatic rings. The van der Waals surface area contributed by atoms with Gasteiger partial charge < -0.3 is 19.0 Å². The van der Waals surface area contributed by atoms with Crippen LogP contribution in [-0.4, -0.2) is 32.1 Å². The van der Waals surface area contributed by atoms with Crippen LogP contribution in [0.15, 0.2) is 53.7 Å². The van der Waals surface area contributed by atoms with Crippen molar-refractivity contribution >= 4 is 6.21 Å². The molecule has 0 aliphatic heterocycles. The molecule has 0 N–H and O–H groups in total. The van der Waals surface area contributed by atoms with Crippen LogP contribution in [0.3, 0.4) is 0 Å². The van der Waals surface area contributed by atoms with Crippen LogP contribution in [0.1, 0.15) is 37.5 Å². The first kappa shape index (κ1) is 23.9. The topological polar surface area (TPSA) is 49.3 Å². The monoisotopic (exact) mass is 421 g/mol. The van der Waals surface area contributed by atoms with E-state index in [0.29, 0.717) is 6.61 Å². The first-order chi connectivity index (χ1) is 14.9. The highest BCUT2D eigenvalue weighted by atomic mass is 16.6. The highest BCUT2D eigenvalue weighted by Crippen LogP contribution is 2.29. The molecule has 0 fully saturated rings. The van der Waals surface area contributed by atoms with Gasteiger partial charge in [0.25, 0.3) is 0 Å². The molecule has 0 saturated carbocycles. The van der Waals surface area contributed by atoms with Crippen LogP contribution >= 0.6 is 0 Å². The van der Waals surface area contributed by atoms with Crippen molar-refractivity contribution in [1.29, 1.82) is 0 Å². The first-order valence-corrected chi connectivity index (χ1v) is 10.3. The summed E-state index contributed by atoms with van der Waals surface area (Å²) < 4.78 is 17.7. The van der Waals surface area contributed by atoms with Gasteiger partial charge in [-0.05, 0) is 75.6 Å². The number of hydrogen-bond donors (Lipinski definition) is 0. The average Bonchev–Trinajstić information content (AvgIpc) is 2.74. The van der Waals surface area contributed by atoms with E-state index < -0.39 is 0 Å². The Morgan fingerprint density at radius 2 is 1.65 bits per heavy atom. The van der Waals surface area contributed by atoms with Crippen molar-refractivity contribution in [3.05, 3.63) is 65.2 Å². The van der Waals surface area contributed by atoms with Gasteiger partial charge in [-0.1, -0.05) is 41.3 Å². The lowest BCUT2D eigenvalue weighted by Crippen LogP contribution is -2.14. The van der Waals surface area contributed by atoms with Crippen LogP contribution in [0, 0.1) is 25.7 Å². The minimum atomic E-state index is -0.287. The summed E-state index contributed by atoms with van der Waals surface area (Å²) in [5.41, 5.74) is 2.92. The van der Waals surface area contributed by atoms with Crippen LogP contribution in [0.25, 0.3) is 0 Å². The smallest absolute Gasteiger partial charge is 0.156 e. The lowest BCUT2D eigenvalue weighted by atomic mass is 10.1. The predicted octanol–water partition coefficient (Wildman–Crippen LogP) is 5.48. The molecule has 2 unspecified atom stereocenters. The summed E-state index contributed by atoms with van der Waals surface area (Å²) in [5.74, 6) is 8.62. The maximum Gasteiger partial charge on any atom is 0.156 e. The fraction of sp³-hybridized carbons (Fsp3) is 0.346. The summed E-state index contributed by atoms with van der Waals surface area (Å²) in [6, 6.07) is 11.6. The van der Waals surface area contributed by atoms with Crippen molar-refractivity contribution in [3.8, 4) is 29.1 Å². The lowest BCUT2D eigenvalue weighted by molar-refractivity contribution is 0.215. The zero-order valence-corrected chi connectivity index (χ0v) is 19.1. The Kier molecular flexibility index (Phi) is 9.51. The van der Waals surface area contributed by atoms with Crippen LogP contribution < -0.4 is 14.2 Å². The summed E-state index contributed by atoms with van der Waals surface area (Å²) in [7, 11) is 1.51. The third-order valence-corrected chi connectivity index (χ3v) is 4.28. The highest BCUT2D eigenvalue weighted by molar-refractivity contribution is 5.79. The van der Waals surface area contributed by atoms with Crippen molar-refractivity contribution in [3.63, 3.8) is 0 Å². The largest absolute Gasteiger partial charge is 0.490 e. The number of aryl methyl sites for hydroxylation is 2. The maximum absolute atomic E-state index is 6.09. The SMILES string of the molecule is C/C=C/COc1cc(C)c(OC(C)C#CC(C)Oc2cccc(C=NOC)c2)c(C)c1. The molecule has 0 saturated heterocycles. The molecule has 0 amide bonds. The van der Waals surface area contributed by atoms with E-state index in [1.54, 1.807) is 6.21 Å². The molecule has 0 aliphatic rings. The summed E-state index contributed by atoms with van der Waals surface area (Å²) in [6.45, 7) is 10.4. The average molecular weight is 422 g/mol. The lowest BCUT2D eigenvalue weighted by Gasteiger charge is -2.16. The van der Waals surface area contributed by atoms with Crippen molar-refractivity contribution < 1.29 is 19.0 Å². The Hall–Kier alpha value is -3.39. The number of oxime groups is 1. The zero-order chi connectivity index (χ0) is 22.6. The molecule has 5 nitrogen and oxygen atoms in total. The standard InChI is InChI=1S/C26H31NO4/c1-7-8-14-29-25-15-19(2)26(20(3)16-25)31-22(5)13-12-21(4)30-24-11-9-10-23(17-24)18-27-28-6/h7-11,15-18,21-22H,14H2,1-6H3/b8-7+,27-18?. The third kappa shape index (κ3) is 8.10. The van der Waals surface area contributed by atoms with Crippen molar-refractivity contribution in [2.75, 3.05) is 13.7 Å². The van der Waals surface area contributed by atoms with E-state index in [-0.39, 0.29) is 12.2 Å². The van der Waals surface area contributed by atoms with Gasteiger partial charge in [-0.25, -0.2) is 0 Å². The van der Waals surface area contributed by atoms with Gasteiger partial charge in [-0.3, -0.25) is 0 Å². The van der Waals surface area contributed by atoms with Crippen LogP contribution in [-0.2, 0) is 4.84 Å². The summed E-state index contributed by atoms with van der Waals surface area (Å²) in [4.78, 5) is 4.71. The van der Waals surface area contributed by atoms with Gasteiger partial charge in [0.15, 0.2) is 12.2 Å². The Labute approximate surface area is 185 Å². The molecular formula is C26H31NO4. The fourth-order valence-corrected chi connectivity index (χ4v) is 2.88. The molecule has 2 rings (SSSR count). The van der Waals surface area contributed by atoms with E-state index >= 15 is 0 Å². The number of hydrogen-bond acceptors (Lipinski definition) is 5. The van der Waals surface area contributed by atoms with E-state index in [4.69, 9.17) is 19.0 Å². The van der Waals surface area contributed by atoms with Gasteiger partial charge in [0, 0.05) is 0 Å². The molecule has 0 heterocycles. The summed E-state index contributed by atoms with van der Waals surface area (Å²) in [5, 5.41) is 3.76. The molecule has 164 valence electrons. The Morgan fingerprint density at radius 3 is 2.29 bits per heavy atom. The van der Waals surface area contributed by atoms with E-state index in [1.165, 1.54) is 7.11 Å². The molecule has 2 aromatic carbocycles. The van der Waals surface area contributed by atoms with Gasteiger partial charge in [0.2, 0.25) is 0 Å². The van der Waals surface area contributed by atoms with Crippen LogP contribution in [0.2, 0.25) is 0 Å². The van der Waals surface area contributed by atoms with Crippen LogP contribution in [0.4, 0.5) is 0 Å². The first-order valence-electron chi connectivity index (χ1n) is 10.3. The number of nitrogens with zero attached hydrogens (tertiary/aromatic N) is 1. The van der Waals surface area contributed by atoms with Crippen molar-refractivity contribution in [2.45, 2.75) is 46.8 Å². The minimum Gasteiger partial charge on any atom is -0.490 e. The molecule has 0 spiro atoms. The minimum absolute atomic E-state index is 0.279. The fourth-order valence-electron chi connectivity index (χ4n) is 2.88. The van der Waals surface area contributed by atoms with E-state index in [2.05, 4.69) is 17.0 Å². The second kappa shape index (κ2) is 12.3. The number of benzene rings is 2. The van der Waals surface area contributed by atoms with Crippen molar-refractivity contribution in [2.24, 2.45) is 5.16 Å². The second-order valence-electron chi connectivity index (χ2n) is 7.06. The quantitative estimate of drug-likeness (QED) is 0.233. The molecule has 31 heavy (non-hydrogen) atoms. The highest BCUT2D eigenvalue weighted by Gasteiger charge is 2.10. The Morgan fingerprint density at radius 1 is 0.968 bits per heavy atom. The maximum atomic E-state index is 6.09. The van der Waals surface area contributed by atoms with E-state index in [1.807, 2.05) is 83.2 Å². The molecule has 2 atom stereocenters. The molecule has 5 heteroatoms. The number of allylic oxidation sites excluding steroid dienone is 1. The summed E-state index contributed by atoms with van der Waals surface area (Å²) >= 11 is 0. The molecule has 0 bridgehead atoms. The van der Waals surface area contributed by atoms with E-state index in [0.717, 1.165) is 33.9 Å². The summed E-state index contributed by atoms with van der Waals surface area (Å²) in [6.07, 6.45) is 5.00. The third-order valence-electron chi connectivity index (χ3n) is 4.28. The molecular weight excluding hydrogens is 390 g/mol. The van der Waals surface area contributed by atoms with Gasteiger partial charge in [0.1, 0.15) is 31.0 Å². The van der Waals surface area contributed by atoms with Gasteiger partial charge >= 0.3 is 0 Å². The predicted molar refractivity (Wildman–Crippen MR) is 125 cm³/mol. The zero-order valence-electron chi connectivity index (χ0n) is 19.1. The Bertz CT molecular complexity index is 946.